The van der Waals surface area contributed by atoms with E-state index in [1.165, 1.54) is 0 Å². The Kier molecular flexibility index (Phi) is 11.2. The molecule has 0 fully saturated rings. The van der Waals surface area contributed by atoms with E-state index < -0.39 is 12.1 Å². The van der Waals surface area contributed by atoms with Crippen LogP contribution in [0.1, 0.15) is 48.2 Å². The normalized spacial score (nSPS) is 12.7. The summed E-state index contributed by atoms with van der Waals surface area (Å²) in [6.07, 6.45) is 3.32. The van der Waals surface area contributed by atoms with Crippen molar-refractivity contribution < 1.29 is 36.8 Å². The summed E-state index contributed by atoms with van der Waals surface area (Å²) in [5.41, 5.74) is 3.02. The average Bonchev–Trinajstić information content (AvgIpc) is 2.95. The average molecular weight is 564 g/mol. The van der Waals surface area contributed by atoms with Gasteiger partial charge in [-0.05, 0) is 61.4 Å². The van der Waals surface area contributed by atoms with Crippen LogP contribution in [0.15, 0.2) is 107 Å². The molecule has 0 heterocycles. The summed E-state index contributed by atoms with van der Waals surface area (Å²) < 4.78 is 11.2. The van der Waals surface area contributed by atoms with E-state index in [4.69, 9.17) is 19.5 Å². The fourth-order valence-electron chi connectivity index (χ4n) is 4.11. The molecular weight excluding hydrogens is 531 g/mol. The number of phenols is 2. The Bertz CT molecular complexity index is 1270. The van der Waals surface area contributed by atoms with Gasteiger partial charge in [0.2, 0.25) is 0 Å². The van der Waals surface area contributed by atoms with Crippen molar-refractivity contribution >= 4 is 12.4 Å². The molecule has 0 bridgehead atoms. The monoisotopic (exact) mass is 563 g/mol. The van der Waals surface area contributed by atoms with Crippen molar-refractivity contribution in [3.63, 3.8) is 0 Å². The number of ether oxygens (including phenoxy) is 2. The van der Waals surface area contributed by atoms with E-state index >= 15 is 0 Å². The van der Waals surface area contributed by atoms with Gasteiger partial charge in [-0.2, -0.15) is 0 Å². The number of hydrogen-bond acceptors (Lipinski definition) is 6. The van der Waals surface area contributed by atoms with Crippen LogP contribution >= 0.6 is 0 Å². The first-order valence-electron chi connectivity index (χ1n) is 12.7. The van der Waals surface area contributed by atoms with Gasteiger partial charge in [-0.1, -0.05) is 60.7 Å². The van der Waals surface area contributed by atoms with Crippen molar-refractivity contribution in [1.29, 1.82) is 0 Å². The molecule has 2 atom stereocenters. The van der Waals surface area contributed by atoms with Gasteiger partial charge >= 0.3 is 0 Å². The Labute approximate surface area is 240 Å². The number of nitrogens with zero attached hydrogens (tertiary/aromatic N) is 2. The fraction of sp³-hybridized carbons (Fsp3) is 0.188. The van der Waals surface area contributed by atoms with Gasteiger partial charge in [0.05, 0.1) is 13.2 Å². The summed E-state index contributed by atoms with van der Waals surface area (Å²) in [6.45, 7) is 4.87. The number of aliphatic imine (C=N–C) groups is 2. The van der Waals surface area contributed by atoms with Crippen LogP contribution in [-0.2, 0) is 17.1 Å². The zero-order chi connectivity index (χ0) is 26.7. The molecule has 1 radical (unpaired) electrons. The summed E-state index contributed by atoms with van der Waals surface area (Å²) in [5, 5.41) is 21.0. The van der Waals surface area contributed by atoms with E-state index in [1.807, 2.05) is 74.5 Å². The molecule has 201 valence electrons. The molecule has 4 aromatic carbocycles. The Morgan fingerprint density at radius 1 is 0.615 bits per heavy atom. The second kappa shape index (κ2) is 14.8. The Hall–Kier alpha value is -4.06. The van der Waals surface area contributed by atoms with Crippen molar-refractivity contribution in [2.45, 2.75) is 25.9 Å². The molecule has 7 heteroatoms. The van der Waals surface area contributed by atoms with E-state index in [-0.39, 0.29) is 28.6 Å². The third-order valence-corrected chi connectivity index (χ3v) is 5.95. The fourth-order valence-corrected chi connectivity index (χ4v) is 4.11. The summed E-state index contributed by atoms with van der Waals surface area (Å²) in [6, 6.07) is 29.2. The van der Waals surface area contributed by atoms with Crippen LogP contribution in [0.25, 0.3) is 0 Å². The summed E-state index contributed by atoms with van der Waals surface area (Å²) in [5.74, 6) is 1.54. The van der Waals surface area contributed by atoms with Gasteiger partial charge in [0.25, 0.3) is 0 Å². The molecule has 0 spiro atoms. The van der Waals surface area contributed by atoms with Crippen molar-refractivity contribution in [1.82, 2.24) is 0 Å². The molecular formula is C32H32MnN2O4. The predicted molar refractivity (Wildman–Crippen MR) is 152 cm³/mol. The number of aromatic hydroxyl groups is 2. The zero-order valence-electron chi connectivity index (χ0n) is 21.9. The molecule has 0 saturated heterocycles. The maximum atomic E-state index is 10.5. The molecule has 2 unspecified atom stereocenters. The topological polar surface area (TPSA) is 83.6 Å². The molecule has 0 aliphatic carbocycles. The first-order chi connectivity index (χ1) is 18.6. The minimum Gasteiger partial charge on any atom is -0.507 e. The maximum absolute atomic E-state index is 10.5. The van der Waals surface area contributed by atoms with Crippen LogP contribution in [0.3, 0.4) is 0 Å². The molecule has 0 aliphatic rings. The SMILES string of the molecule is CCOc1ccc(O)c(C=NC(c2ccccc2)C(N=Cc2cc(OCC)ccc2O)c2ccccc2)c1.[Mn]. The summed E-state index contributed by atoms with van der Waals surface area (Å²) >= 11 is 0. The largest absolute Gasteiger partial charge is 0.507 e. The molecule has 39 heavy (non-hydrogen) atoms. The van der Waals surface area contributed by atoms with Crippen molar-refractivity contribution in [3.05, 3.63) is 119 Å². The van der Waals surface area contributed by atoms with Gasteiger partial charge in [0.1, 0.15) is 35.1 Å². The number of rotatable bonds is 11. The Morgan fingerprint density at radius 3 is 1.36 bits per heavy atom. The van der Waals surface area contributed by atoms with Gasteiger partial charge in [-0.25, -0.2) is 0 Å². The smallest absolute Gasteiger partial charge is 0.124 e. The first kappa shape index (κ1) is 29.5. The van der Waals surface area contributed by atoms with Crippen LogP contribution in [0.2, 0.25) is 0 Å². The number of phenolic OH excluding ortho intramolecular Hbond substituents is 2. The van der Waals surface area contributed by atoms with E-state index in [2.05, 4.69) is 0 Å². The standard InChI is InChI=1S/C32H32N2O4.Mn/c1-3-37-27-15-17-29(35)25(19-27)21-33-31(23-11-7-5-8-12-23)32(24-13-9-6-10-14-24)34-22-26-20-28(38-4-2)16-18-30(26)36;/h5-22,31-32,35-36H,3-4H2,1-2H3;. The van der Waals surface area contributed by atoms with Gasteiger partial charge < -0.3 is 19.7 Å². The van der Waals surface area contributed by atoms with Gasteiger partial charge in [0, 0.05) is 40.6 Å². The first-order valence-corrected chi connectivity index (χ1v) is 12.7. The number of benzene rings is 4. The minimum atomic E-state index is -0.415. The van der Waals surface area contributed by atoms with Crippen LogP contribution in [-0.4, -0.2) is 35.9 Å². The van der Waals surface area contributed by atoms with Gasteiger partial charge in [0.15, 0.2) is 0 Å². The molecule has 0 aliphatic heterocycles. The molecule has 6 nitrogen and oxygen atoms in total. The van der Waals surface area contributed by atoms with E-state index in [0.29, 0.717) is 35.8 Å². The van der Waals surface area contributed by atoms with Crippen molar-refractivity contribution in [2.24, 2.45) is 9.98 Å². The van der Waals surface area contributed by atoms with E-state index in [9.17, 15) is 10.2 Å². The Morgan fingerprint density at radius 2 is 1.00 bits per heavy atom. The van der Waals surface area contributed by atoms with Crippen LogP contribution in [0.4, 0.5) is 0 Å². The summed E-state index contributed by atoms with van der Waals surface area (Å²) in [4.78, 5) is 9.89. The van der Waals surface area contributed by atoms with Gasteiger partial charge in [-0.3, -0.25) is 9.98 Å². The second-order valence-electron chi connectivity index (χ2n) is 8.57. The van der Waals surface area contributed by atoms with Crippen LogP contribution in [0, 0.1) is 0 Å². The minimum absolute atomic E-state index is 0. The number of hydrogen-bond donors (Lipinski definition) is 2. The Balaban J connectivity index is 0.00000420. The maximum Gasteiger partial charge on any atom is 0.124 e. The van der Waals surface area contributed by atoms with Crippen LogP contribution in [0.5, 0.6) is 23.0 Å². The molecule has 0 amide bonds. The molecule has 0 aromatic heterocycles. The predicted octanol–water partition coefficient (Wildman–Crippen LogP) is 6.91. The molecule has 2 N–H and O–H groups in total. The molecule has 0 saturated carbocycles. The van der Waals surface area contributed by atoms with Crippen LogP contribution < -0.4 is 9.47 Å². The molecule has 4 aromatic rings. The van der Waals surface area contributed by atoms with Gasteiger partial charge in [-0.15, -0.1) is 0 Å². The quantitative estimate of drug-likeness (QED) is 0.153. The second-order valence-corrected chi connectivity index (χ2v) is 8.57. The molecule has 4 rings (SSSR count). The van der Waals surface area contributed by atoms with E-state index in [1.54, 1.807) is 48.8 Å². The zero-order valence-corrected chi connectivity index (χ0v) is 23.1. The third-order valence-electron chi connectivity index (χ3n) is 5.95. The van der Waals surface area contributed by atoms with E-state index in [0.717, 1.165) is 11.1 Å². The van der Waals surface area contributed by atoms with Crippen molar-refractivity contribution in [2.75, 3.05) is 13.2 Å². The summed E-state index contributed by atoms with van der Waals surface area (Å²) in [7, 11) is 0. The third kappa shape index (κ3) is 7.96. The van der Waals surface area contributed by atoms with Crippen molar-refractivity contribution in [3.8, 4) is 23.0 Å².